The first-order valence-electron chi connectivity index (χ1n) is 7.97. The number of hydrogen-bond donors (Lipinski definition) is 1. The fourth-order valence-electron chi connectivity index (χ4n) is 2.70. The van der Waals surface area contributed by atoms with Gasteiger partial charge in [-0.25, -0.2) is 19.3 Å². The zero-order chi connectivity index (χ0) is 19.0. The molecule has 2 aromatic heterocycles. The van der Waals surface area contributed by atoms with Crippen LogP contribution in [0.25, 0.3) is 22.4 Å². The van der Waals surface area contributed by atoms with Crippen molar-refractivity contribution in [3.05, 3.63) is 70.3 Å². The molecule has 0 saturated carbocycles. The molecule has 0 bridgehead atoms. The Morgan fingerprint density at radius 2 is 1.89 bits per heavy atom. The van der Waals surface area contributed by atoms with Crippen molar-refractivity contribution in [2.45, 2.75) is 6.92 Å². The molecule has 0 fully saturated rings. The van der Waals surface area contributed by atoms with Crippen LogP contribution in [0.4, 0.5) is 15.9 Å². The van der Waals surface area contributed by atoms with Gasteiger partial charge in [-0.1, -0.05) is 23.2 Å². The maximum Gasteiger partial charge on any atom is 0.182 e. The Balaban J connectivity index is 1.92. The predicted octanol–water partition coefficient (Wildman–Crippen LogP) is 5.58. The molecule has 0 spiro atoms. The van der Waals surface area contributed by atoms with Crippen LogP contribution < -0.4 is 5.32 Å². The second kappa shape index (κ2) is 7.06. The third-order valence-electron chi connectivity index (χ3n) is 3.93. The summed E-state index contributed by atoms with van der Waals surface area (Å²) in [5.41, 5.74) is 2.74. The van der Waals surface area contributed by atoms with Crippen LogP contribution in [-0.4, -0.2) is 19.9 Å². The van der Waals surface area contributed by atoms with Crippen molar-refractivity contribution in [1.82, 2.24) is 19.9 Å². The standard InChI is InChI=1S/C19H12Cl2FN5/c1-10-6-11(20)7-13-17(10)26-19(16-9-23-4-5-24-16)27-18(13)25-12-2-3-15(22)14(21)8-12/h2-9H,1H3,(H,25,26,27). The molecule has 0 saturated heterocycles. The monoisotopic (exact) mass is 399 g/mol. The molecule has 0 unspecified atom stereocenters. The van der Waals surface area contributed by atoms with Crippen LogP contribution in [0.1, 0.15) is 5.56 Å². The van der Waals surface area contributed by atoms with Crippen LogP contribution in [0.5, 0.6) is 0 Å². The second-order valence-corrected chi connectivity index (χ2v) is 6.70. The maximum absolute atomic E-state index is 13.5. The average molecular weight is 400 g/mol. The summed E-state index contributed by atoms with van der Waals surface area (Å²) in [6.45, 7) is 1.92. The van der Waals surface area contributed by atoms with E-state index in [0.717, 1.165) is 16.5 Å². The summed E-state index contributed by atoms with van der Waals surface area (Å²) in [5.74, 6) is 0.430. The minimum atomic E-state index is -0.492. The minimum Gasteiger partial charge on any atom is -0.340 e. The first kappa shape index (κ1) is 17.6. The van der Waals surface area contributed by atoms with Crippen LogP contribution in [-0.2, 0) is 0 Å². The molecule has 4 aromatic rings. The minimum absolute atomic E-state index is 0.0155. The Labute approximate surface area is 164 Å². The van der Waals surface area contributed by atoms with Gasteiger partial charge in [0, 0.05) is 28.5 Å². The molecule has 0 aliphatic carbocycles. The lowest BCUT2D eigenvalue weighted by Gasteiger charge is -2.13. The molecule has 8 heteroatoms. The molecule has 0 radical (unpaired) electrons. The van der Waals surface area contributed by atoms with Crippen molar-refractivity contribution < 1.29 is 4.39 Å². The SMILES string of the molecule is Cc1cc(Cl)cc2c(Nc3ccc(F)c(Cl)c3)nc(-c3cnccn3)nc12. The number of aromatic nitrogens is 4. The average Bonchev–Trinajstić information content (AvgIpc) is 2.66. The molecule has 0 aliphatic heterocycles. The van der Waals surface area contributed by atoms with Gasteiger partial charge in [-0.3, -0.25) is 4.98 Å². The van der Waals surface area contributed by atoms with Gasteiger partial charge >= 0.3 is 0 Å². The molecule has 5 nitrogen and oxygen atoms in total. The fourth-order valence-corrected chi connectivity index (χ4v) is 3.15. The molecule has 2 aromatic carbocycles. The van der Waals surface area contributed by atoms with Crippen molar-refractivity contribution in [1.29, 1.82) is 0 Å². The summed E-state index contributed by atoms with van der Waals surface area (Å²) in [6.07, 6.45) is 4.74. The Kier molecular flexibility index (Phi) is 4.59. The van der Waals surface area contributed by atoms with Crippen molar-refractivity contribution >= 4 is 45.6 Å². The predicted molar refractivity (Wildman–Crippen MR) is 105 cm³/mol. The lowest BCUT2D eigenvalue weighted by atomic mass is 10.1. The van der Waals surface area contributed by atoms with E-state index in [1.54, 1.807) is 30.7 Å². The second-order valence-electron chi connectivity index (χ2n) is 5.86. The summed E-state index contributed by atoms with van der Waals surface area (Å²) in [5, 5.41) is 4.48. The number of fused-ring (bicyclic) bond motifs is 1. The summed E-state index contributed by atoms with van der Waals surface area (Å²) in [7, 11) is 0. The topological polar surface area (TPSA) is 63.6 Å². The molecule has 0 atom stereocenters. The van der Waals surface area contributed by atoms with E-state index in [4.69, 9.17) is 23.2 Å². The molecule has 27 heavy (non-hydrogen) atoms. The highest BCUT2D eigenvalue weighted by molar-refractivity contribution is 6.31. The lowest BCUT2D eigenvalue weighted by Crippen LogP contribution is -2.01. The lowest BCUT2D eigenvalue weighted by molar-refractivity contribution is 0.628. The fraction of sp³-hybridized carbons (Fsp3) is 0.0526. The number of halogens is 3. The van der Waals surface area contributed by atoms with Crippen LogP contribution in [0, 0.1) is 12.7 Å². The highest BCUT2D eigenvalue weighted by Crippen LogP contribution is 2.31. The van der Waals surface area contributed by atoms with Gasteiger partial charge in [-0.2, -0.15) is 0 Å². The molecular weight excluding hydrogens is 388 g/mol. The van der Waals surface area contributed by atoms with Crippen molar-refractivity contribution in [2.75, 3.05) is 5.32 Å². The third-order valence-corrected chi connectivity index (χ3v) is 4.44. The largest absolute Gasteiger partial charge is 0.340 e. The summed E-state index contributed by atoms with van der Waals surface area (Å²) < 4.78 is 13.5. The van der Waals surface area contributed by atoms with Gasteiger partial charge in [-0.05, 0) is 42.8 Å². The van der Waals surface area contributed by atoms with E-state index < -0.39 is 5.82 Å². The Morgan fingerprint density at radius 1 is 1.04 bits per heavy atom. The molecule has 4 rings (SSSR count). The quantitative estimate of drug-likeness (QED) is 0.486. The van der Waals surface area contributed by atoms with E-state index in [-0.39, 0.29) is 5.02 Å². The maximum atomic E-state index is 13.5. The molecular formula is C19H12Cl2FN5. The van der Waals surface area contributed by atoms with Gasteiger partial charge < -0.3 is 5.32 Å². The molecule has 2 heterocycles. The number of nitrogens with zero attached hydrogens (tertiary/aromatic N) is 4. The Morgan fingerprint density at radius 3 is 2.63 bits per heavy atom. The van der Waals surface area contributed by atoms with E-state index in [1.807, 2.05) is 13.0 Å². The van der Waals surface area contributed by atoms with Crippen molar-refractivity contribution in [3.8, 4) is 11.5 Å². The molecule has 134 valence electrons. The number of anilines is 2. The van der Waals surface area contributed by atoms with E-state index in [0.29, 0.717) is 28.0 Å². The van der Waals surface area contributed by atoms with Crippen molar-refractivity contribution in [3.63, 3.8) is 0 Å². The Hall–Kier alpha value is -2.83. The zero-order valence-electron chi connectivity index (χ0n) is 14.0. The molecule has 0 amide bonds. The van der Waals surface area contributed by atoms with E-state index in [1.165, 1.54) is 12.1 Å². The first-order valence-corrected chi connectivity index (χ1v) is 8.73. The van der Waals surface area contributed by atoms with Crippen LogP contribution in [0.3, 0.4) is 0 Å². The van der Waals surface area contributed by atoms with E-state index in [2.05, 4.69) is 25.3 Å². The number of rotatable bonds is 3. The Bertz CT molecular complexity index is 1150. The van der Waals surface area contributed by atoms with Crippen LogP contribution in [0.2, 0.25) is 10.0 Å². The third kappa shape index (κ3) is 3.54. The van der Waals surface area contributed by atoms with Gasteiger partial charge in [0.1, 0.15) is 17.3 Å². The number of benzene rings is 2. The number of aryl methyl sites for hydroxylation is 1. The van der Waals surface area contributed by atoms with Crippen molar-refractivity contribution in [2.24, 2.45) is 0 Å². The summed E-state index contributed by atoms with van der Waals surface area (Å²) in [4.78, 5) is 17.5. The van der Waals surface area contributed by atoms with Gasteiger partial charge in [0.2, 0.25) is 0 Å². The van der Waals surface area contributed by atoms with Gasteiger partial charge in [0.15, 0.2) is 5.82 Å². The summed E-state index contributed by atoms with van der Waals surface area (Å²) in [6, 6.07) is 7.96. The molecule has 1 N–H and O–H groups in total. The summed E-state index contributed by atoms with van der Waals surface area (Å²) >= 11 is 12.1. The molecule has 0 aliphatic rings. The highest BCUT2D eigenvalue weighted by atomic mass is 35.5. The van der Waals surface area contributed by atoms with Gasteiger partial charge in [0.05, 0.1) is 16.7 Å². The highest BCUT2D eigenvalue weighted by Gasteiger charge is 2.14. The normalized spacial score (nSPS) is 11.0. The van der Waals surface area contributed by atoms with Gasteiger partial charge in [-0.15, -0.1) is 0 Å². The number of nitrogens with one attached hydrogen (secondary N) is 1. The van der Waals surface area contributed by atoms with E-state index in [9.17, 15) is 4.39 Å². The zero-order valence-corrected chi connectivity index (χ0v) is 15.6. The van der Waals surface area contributed by atoms with Gasteiger partial charge in [0.25, 0.3) is 0 Å². The van der Waals surface area contributed by atoms with Crippen LogP contribution >= 0.6 is 23.2 Å². The smallest absolute Gasteiger partial charge is 0.182 e. The first-order chi connectivity index (χ1) is 13.0. The number of hydrogen-bond acceptors (Lipinski definition) is 5. The van der Waals surface area contributed by atoms with Crippen LogP contribution in [0.15, 0.2) is 48.9 Å². The van der Waals surface area contributed by atoms with E-state index >= 15 is 0 Å².